The highest BCUT2D eigenvalue weighted by molar-refractivity contribution is 5.12. The minimum atomic E-state index is 0.288. The van der Waals surface area contributed by atoms with E-state index in [1.165, 1.54) is 18.4 Å². The molecule has 0 aromatic carbocycles. The lowest BCUT2D eigenvalue weighted by molar-refractivity contribution is 0.180. The number of furan rings is 1. The topological polar surface area (TPSA) is 42.4 Å². The van der Waals surface area contributed by atoms with E-state index in [1.807, 2.05) is 12.3 Å². The monoisotopic (exact) mass is 266 g/mol. The highest BCUT2D eigenvalue weighted by Gasteiger charge is 2.20. The van der Waals surface area contributed by atoms with E-state index < -0.39 is 0 Å². The van der Waals surface area contributed by atoms with Gasteiger partial charge in [-0.1, -0.05) is 27.7 Å². The summed E-state index contributed by atoms with van der Waals surface area (Å²) in [6, 6.07) is 2.33. The van der Waals surface area contributed by atoms with Gasteiger partial charge >= 0.3 is 0 Å². The third-order valence-corrected chi connectivity index (χ3v) is 3.58. The van der Waals surface area contributed by atoms with Crippen LogP contribution in [0.2, 0.25) is 0 Å². The molecule has 0 aliphatic rings. The molecule has 0 saturated heterocycles. The largest absolute Gasteiger partial charge is 0.472 e. The highest BCUT2D eigenvalue weighted by Crippen LogP contribution is 2.22. The van der Waals surface area contributed by atoms with Crippen LogP contribution in [0.25, 0.3) is 0 Å². The van der Waals surface area contributed by atoms with Crippen molar-refractivity contribution in [2.24, 2.45) is 17.6 Å². The number of hydrogen-bond donors (Lipinski definition) is 1. The molecule has 0 aliphatic carbocycles. The van der Waals surface area contributed by atoms with Crippen LogP contribution in [0.15, 0.2) is 23.0 Å². The molecule has 1 aromatic heterocycles. The van der Waals surface area contributed by atoms with Crippen molar-refractivity contribution < 1.29 is 4.42 Å². The normalized spacial score (nSPS) is 13.7. The van der Waals surface area contributed by atoms with E-state index in [-0.39, 0.29) is 6.04 Å². The second-order valence-electron chi connectivity index (χ2n) is 6.21. The molecule has 1 heterocycles. The first-order chi connectivity index (χ1) is 9.04. The van der Waals surface area contributed by atoms with E-state index in [0.717, 1.165) is 24.9 Å². The van der Waals surface area contributed by atoms with Gasteiger partial charge in [-0.15, -0.1) is 0 Å². The average Bonchev–Trinajstić information content (AvgIpc) is 2.85. The van der Waals surface area contributed by atoms with E-state index in [1.54, 1.807) is 6.26 Å². The van der Waals surface area contributed by atoms with Crippen molar-refractivity contribution in [1.29, 1.82) is 0 Å². The molecule has 0 saturated carbocycles. The fourth-order valence-corrected chi connectivity index (χ4v) is 2.23. The fourth-order valence-electron chi connectivity index (χ4n) is 2.23. The minimum absolute atomic E-state index is 0.288. The first-order valence-electron chi connectivity index (χ1n) is 7.50. The molecule has 0 spiro atoms. The smallest absolute Gasteiger partial charge is 0.0950 e. The molecule has 3 heteroatoms. The number of rotatable bonds is 9. The van der Waals surface area contributed by atoms with E-state index in [9.17, 15) is 0 Å². The summed E-state index contributed by atoms with van der Waals surface area (Å²) in [7, 11) is 0. The van der Waals surface area contributed by atoms with Crippen molar-refractivity contribution in [2.45, 2.75) is 46.6 Å². The molecule has 2 N–H and O–H groups in total. The van der Waals surface area contributed by atoms with Crippen LogP contribution in [0.3, 0.4) is 0 Å². The van der Waals surface area contributed by atoms with Crippen molar-refractivity contribution >= 4 is 0 Å². The molecule has 0 radical (unpaired) electrons. The quantitative estimate of drug-likeness (QED) is 0.741. The second kappa shape index (κ2) is 8.39. The first-order valence-corrected chi connectivity index (χ1v) is 7.50. The predicted molar refractivity (Wildman–Crippen MR) is 81.0 cm³/mol. The summed E-state index contributed by atoms with van der Waals surface area (Å²) in [5.41, 5.74) is 7.20. The Morgan fingerprint density at radius 3 is 2.05 bits per heavy atom. The third kappa shape index (κ3) is 5.79. The van der Waals surface area contributed by atoms with Crippen molar-refractivity contribution in [3.63, 3.8) is 0 Å². The molecule has 0 fully saturated rings. The molecular formula is C16H30N2O. The van der Waals surface area contributed by atoms with Gasteiger partial charge in [-0.2, -0.15) is 0 Å². The van der Waals surface area contributed by atoms with E-state index in [0.29, 0.717) is 6.54 Å². The average molecular weight is 266 g/mol. The summed E-state index contributed by atoms with van der Waals surface area (Å²) in [5, 5.41) is 0. The zero-order valence-electron chi connectivity index (χ0n) is 12.9. The van der Waals surface area contributed by atoms with Gasteiger partial charge in [0.2, 0.25) is 0 Å². The van der Waals surface area contributed by atoms with Crippen LogP contribution < -0.4 is 5.73 Å². The first kappa shape index (κ1) is 16.3. The van der Waals surface area contributed by atoms with Gasteiger partial charge in [0.1, 0.15) is 0 Å². The number of hydrogen-bond acceptors (Lipinski definition) is 3. The molecule has 0 aliphatic heterocycles. The van der Waals surface area contributed by atoms with Gasteiger partial charge in [0, 0.05) is 12.1 Å². The highest BCUT2D eigenvalue weighted by atomic mass is 16.3. The van der Waals surface area contributed by atoms with Gasteiger partial charge in [-0.05, 0) is 43.8 Å². The molecule has 1 atom stereocenters. The van der Waals surface area contributed by atoms with Crippen molar-refractivity contribution in [3.8, 4) is 0 Å². The summed E-state index contributed by atoms with van der Waals surface area (Å²) in [6.45, 7) is 12.0. The Bertz CT molecular complexity index is 307. The minimum Gasteiger partial charge on any atom is -0.472 e. The number of nitrogens with two attached hydrogens (primary N) is 1. The molecule has 0 bridgehead atoms. The third-order valence-electron chi connectivity index (χ3n) is 3.58. The lowest BCUT2D eigenvalue weighted by Gasteiger charge is -2.31. The van der Waals surface area contributed by atoms with Crippen LogP contribution in [0.1, 0.15) is 52.1 Å². The summed E-state index contributed by atoms with van der Waals surface area (Å²) < 4.78 is 5.22. The Labute approximate surface area is 118 Å². The lowest BCUT2D eigenvalue weighted by Crippen LogP contribution is -2.36. The Morgan fingerprint density at radius 1 is 1.11 bits per heavy atom. The molecule has 1 rings (SSSR count). The van der Waals surface area contributed by atoms with Crippen LogP contribution in [-0.4, -0.2) is 24.5 Å². The van der Waals surface area contributed by atoms with E-state index >= 15 is 0 Å². The van der Waals surface area contributed by atoms with E-state index in [4.69, 9.17) is 10.2 Å². The van der Waals surface area contributed by atoms with Crippen molar-refractivity contribution in [3.05, 3.63) is 24.2 Å². The van der Waals surface area contributed by atoms with E-state index in [2.05, 4.69) is 32.6 Å². The maximum absolute atomic E-state index is 5.99. The maximum Gasteiger partial charge on any atom is 0.0950 e. The molecular weight excluding hydrogens is 236 g/mol. The zero-order valence-corrected chi connectivity index (χ0v) is 12.9. The molecule has 19 heavy (non-hydrogen) atoms. The van der Waals surface area contributed by atoms with Gasteiger partial charge in [0.05, 0.1) is 18.6 Å². The summed E-state index contributed by atoms with van der Waals surface area (Å²) in [5.74, 6) is 1.45. The SMILES string of the molecule is CC(C)CCN(CCC(C)C)C(CN)c1ccoc1. The van der Waals surface area contributed by atoms with Gasteiger partial charge in [0.25, 0.3) is 0 Å². The lowest BCUT2D eigenvalue weighted by atomic mass is 10.0. The molecule has 110 valence electrons. The summed E-state index contributed by atoms with van der Waals surface area (Å²) >= 11 is 0. The maximum atomic E-state index is 5.99. The van der Waals surface area contributed by atoms with Crippen LogP contribution in [0, 0.1) is 11.8 Å². The van der Waals surface area contributed by atoms with Crippen LogP contribution in [0.5, 0.6) is 0 Å². The van der Waals surface area contributed by atoms with Gasteiger partial charge in [-0.3, -0.25) is 4.90 Å². The predicted octanol–water partition coefficient (Wildman–Crippen LogP) is 3.67. The van der Waals surface area contributed by atoms with Gasteiger partial charge in [-0.25, -0.2) is 0 Å². The molecule has 3 nitrogen and oxygen atoms in total. The van der Waals surface area contributed by atoms with Crippen LogP contribution >= 0.6 is 0 Å². The summed E-state index contributed by atoms with van der Waals surface area (Å²) in [4.78, 5) is 2.52. The Hall–Kier alpha value is -0.800. The second-order valence-corrected chi connectivity index (χ2v) is 6.21. The van der Waals surface area contributed by atoms with Crippen molar-refractivity contribution in [2.75, 3.05) is 19.6 Å². The fraction of sp³-hybridized carbons (Fsp3) is 0.750. The molecule has 0 amide bonds. The Balaban J connectivity index is 2.68. The molecule has 1 aromatic rings. The van der Waals surface area contributed by atoms with Gasteiger partial charge in [0.15, 0.2) is 0 Å². The Morgan fingerprint density at radius 2 is 1.68 bits per heavy atom. The Kier molecular flexibility index (Phi) is 7.17. The standard InChI is InChI=1S/C16H30N2O/c1-13(2)5-8-18(9-6-14(3)4)16(11-17)15-7-10-19-12-15/h7,10,12-14,16H,5-6,8-9,11,17H2,1-4H3. The van der Waals surface area contributed by atoms with Crippen LogP contribution in [0.4, 0.5) is 0 Å². The van der Waals surface area contributed by atoms with Gasteiger partial charge < -0.3 is 10.2 Å². The molecule has 1 unspecified atom stereocenters. The van der Waals surface area contributed by atoms with Crippen molar-refractivity contribution in [1.82, 2.24) is 4.90 Å². The van der Waals surface area contributed by atoms with Crippen LogP contribution in [-0.2, 0) is 0 Å². The summed E-state index contributed by atoms with van der Waals surface area (Å²) in [6.07, 6.45) is 6.00. The number of nitrogens with zero attached hydrogens (tertiary/aromatic N) is 1. The zero-order chi connectivity index (χ0) is 14.3.